The summed E-state index contributed by atoms with van der Waals surface area (Å²) >= 11 is 5.74. The molecule has 204 valence electrons. The predicted molar refractivity (Wildman–Crippen MR) is 139 cm³/mol. The third-order valence-corrected chi connectivity index (χ3v) is 6.08. The molecule has 1 unspecified atom stereocenters. The lowest BCUT2D eigenvalue weighted by Gasteiger charge is -2.29. The van der Waals surface area contributed by atoms with E-state index < -0.39 is 53.6 Å². The van der Waals surface area contributed by atoms with Crippen LogP contribution in [-0.4, -0.2) is 76.7 Å². The monoisotopic (exact) mass is 536 g/mol. The van der Waals surface area contributed by atoms with Crippen LogP contribution in [0.3, 0.4) is 0 Å². The number of hydrogen-bond donors (Lipinski definition) is 3. The lowest BCUT2D eigenvalue weighted by molar-refractivity contribution is -0.140. The number of halogens is 1. The first-order chi connectivity index (χ1) is 17.3. The Hall–Kier alpha value is -3.14. The Morgan fingerprint density at radius 1 is 1.03 bits per heavy atom. The fraction of sp³-hybridized carbons (Fsp3) is 0.577. The number of carbonyl (C=O) groups excluding carboxylic acids is 5. The molecule has 0 radical (unpaired) electrons. The average Bonchev–Trinajstić information content (AvgIpc) is 3.32. The topological polar surface area (TPSA) is 134 Å². The van der Waals surface area contributed by atoms with Crippen molar-refractivity contribution in [1.82, 2.24) is 20.9 Å². The Bertz CT molecular complexity index is 981. The molecule has 37 heavy (non-hydrogen) atoms. The van der Waals surface area contributed by atoms with Gasteiger partial charge in [-0.05, 0) is 59.4 Å². The summed E-state index contributed by atoms with van der Waals surface area (Å²) in [5, 5.41) is 7.82. The number of Topliss-reactive ketones (excluding diaryl/α,β-unsaturated/α-hetero) is 1. The van der Waals surface area contributed by atoms with E-state index in [0.717, 1.165) is 5.56 Å². The van der Waals surface area contributed by atoms with E-state index in [2.05, 4.69) is 16.0 Å². The van der Waals surface area contributed by atoms with Crippen LogP contribution in [0.4, 0.5) is 4.79 Å². The molecule has 1 heterocycles. The minimum atomic E-state index is -0.955. The fourth-order valence-electron chi connectivity index (χ4n) is 3.96. The molecule has 0 spiro atoms. The van der Waals surface area contributed by atoms with Gasteiger partial charge >= 0.3 is 6.09 Å². The Balaban J connectivity index is 1.97. The van der Waals surface area contributed by atoms with Crippen molar-refractivity contribution >= 4 is 41.2 Å². The molecule has 1 aromatic rings. The number of alkyl halides is 1. The van der Waals surface area contributed by atoms with E-state index in [1.807, 2.05) is 30.3 Å². The lowest BCUT2D eigenvalue weighted by Crippen LogP contribution is -2.56. The smallest absolute Gasteiger partial charge is 0.408 e. The quantitative estimate of drug-likeness (QED) is 0.391. The highest BCUT2D eigenvalue weighted by Gasteiger charge is 2.37. The van der Waals surface area contributed by atoms with Gasteiger partial charge in [0.25, 0.3) is 0 Å². The third-order valence-electron chi connectivity index (χ3n) is 5.81. The Morgan fingerprint density at radius 3 is 2.27 bits per heavy atom. The number of carbonyl (C=O) groups is 5. The van der Waals surface area contributed by atoms with E-state index in [4.69, 9.17) is 16.3 Å². The zero-order valence-corrected chi connectivity index (χ0v) is 22.8. The summed E-state index contributed by atoms with van der Waals surface area (Å²) in [5.74, 6) is -2.04. The van der Waals surface area contributed by atoms with Crippen LogP contribution >= 0.6 is 11.6 Å². The van der Waals surface area contributed by atoms with Crippen LogP contribution in [0.5, 0.6) is 0 Å². The van der Waals surface area contributed by atoms with Crippen molar-refractivity contribution < 1.29 is 28.7 Å². The van der Waals surface area contributed by atoms with Crippen molar-refractivity contribution in [1.29, 1.82) is 0 Å². The number of amides is 4. The molecule has 1 aliphatic rings. The Labute approximate surface area is 222 Å². The Kier molecular flexibility index (Phi) is 10.9. The average molecular weight is 537 g/mol. The fourth-order valence-corrected chi connectivity index (χ4v) is 4.14. The number of ether oxygens (including phenoxy) is 1. The molecular weight excluding hydrogens is 500 g/mol. The van der Waals surface area contributed by atoms with E-state index in [-0.39, 0.29) is 18.1 Å². The highest BCUT2D eigenvalue weighted by atomic mass is 35.5. The number of alkyl carbamates (subject to hydrolysis) is 1. The highest BCUT2D eigenvalue weighted by Crippen LogP contribution is 2.19. The van der Waals surface area contributed by atoms with Crippen molar-refractivity contribution in [3.05, 3.63) is 35.9 Å². The molecule has 1 aromatic carbocycles. The number of likely N-dealkylation sites (tertiary alicyclic amines) is 1. The maximum Gasteiger partial charge on any atom is 0.408 e. The van der Waals surface area contributed by atoms with Gasteiger partial charge in [-0.15, -0.1) is 11.6 Å². The molecule has 1 fully saturated rings. The molecule has 4 amide bonds. The van der Waals surface area contributed by atoms with Crippen molar-refractivity contribution in [2.24, 2.45) is 0 Å². The molecule has 0 aliphatic carbocycles. The van der Waals surface area contributed by atoms with Crippen LogP contribution in [0.15, 0.2) is 30.3 Å². The molecule has 2 rings (SSSR count). The SMILES string of the molecule is C[C@H](NC(=O)[C@H]1CCCN1C(=O)[C@@H](C)NC(=O)OC(C)(C)C)C(=O)NC(Cc1ccccc1)C(=O)CCl. The minimum Gasteiger partial charge on any atom is -0.444 e. The van der Waals surface area contributed by atoms with Gasteiger partial charge < -0.3 is 25.6 Å². The molecule has 0 aromatic heterocycles. The molecule has 3 N–H and O–H groups in total. The van der Waals surface area contributed by atoms with Gasteiger partial charge in [-0.25, -0.2) is 4.79 Å². The van der Waals surface area contributed by atoms with Gasteiger partial charge in [0.05, 0.1) is 11.9 Å². The molecule has 4 atom stereocenters. The van der Waals surface area contributed by atoms with Crippen molar-refractivity contribution in [2.45, 2.75) is 83.6 Å². The second kappa shape index (κ2) is 13.4. The summed E-state index contributed by atoms with van der Waals surface area (Å²) in [6, 6.07) is 5.73. The first-order valence-corrected chi connectivity index (χ1v) is 12.9. The van der Waals surface area contributed by atoms with Gasteiger partial charge in [0, 0.05) is 6.54 Å². The molecular formula is C26H37ClN4O6. The maximum atomic E-state index is 13.0. The van der Waals surface area contributed by atoms with Gasteiger partial charge in [-0.2, -0.15) is 0 Å². The van der Waals surface area contributed by atoms with Crippen molar-refractivity contribution in [2.75, 3.05) is 12.4 Å². The Morgan fingerprint density at radius 2 is 1.68 bits per heavy atom. The minimum absolute atomic E-state index is 0.257. The van der Waals surface area contributed by atoms with Crippen molar-refractivity contribution in [3.8, 4) is 0 Å². The number of rotatable bonds is 10. The first-order valence-electron chi connectivity index (χ1n) is 12.4. The third kappa shape index (κ3) is 9.35. The number of benzene rings is 1. The molecule has 0 bridgehead atoms. The number of ketones is 1. The number of hydrogen-bond acceptors (Lipinski definition) is 6. The zero-order chi connectivity index (χ0) is 27.8. The summed E-state index contributed by atoms with van der Waals surface area (Å²) in [6.07, 6.45) is 0.571. The molecule has 10 nitrogen and oxygen atoms in total. The number of nitrogens with zero attached hydrogens (tertiary/aromatic N) is 1. The second-order valence-electron chi connectivity index (χ2n) is 10.1. The van der Waals surface area contributed by atoms with Crippen molar-refractivity contribution in [3.63, 3.8) is 0 Å². The van der Waals surface area contributed by atoms with E-state index >= 15 is 0 Å². The number of nitrogens with one attached hydrogen (secondary N) is 3. The summed E-state index contributed by atoms with van der Waals surface area (Å²) in [7, 11) is 0. The molecule has 11 heteroatoms. The highest BCUT2D eigenvalue weighted by molar-refractivity contribution is 6.28. The standard InChI is InChI=1S/C26H37ClN4O6/c1-16(22(33)30-19(21(32)15-27)14-18-10-7-6-8-11-18)28-23(34)20-12-9-13-31(20)24(35)17(2)29-25(36)37-26(3,4)5/h6-8,10-11,16-17,19-20H,9,12-15H2,1-5H3,(H,28,34)(H,29,36)(H,30,33)/t16-,17+,19?,20+/m0/s1. The summed E-state index contributed by atoms with van der Waals surface area (Å²) < 4.78 is 5.19. The second-order valence-corrected chi connectivity index (χ2v) is 10.4. The zero-order valence-electron chi connectivity index (χ0n) is 22.0. The van der Waals surface area contributed by atoms with Gasteiger partial charge in [0.1, 0.15) is 23.7 Å². The summed E-state index contributed by atoms with van der Waals surface area (Å²) in [6.45, 7) is 8.52. The molecule has 1 aliphatic heterocycles. The van der Waals surface area contributed by atoms with Gasteiger partial charge in [-0.3, -0.25) is 19.2 Å². The summed E-state index contributed by atoms with van der Waals surface area (Å²) in [4.78, 5) is 64.5. The molecule has 0 saturated carbocycles. The van der Waals surface area contributed by atoms with Crippen LogP contribution in [-0.2, 0) is 30.3 Å². The summed E-state index contributed by atoms with van der Waals surface area (Å²) in [5.41, 5.74) is 0.144. The first kappa shape index (κ1) is 30.1. The molecule has 1 saturated heterocycles. The van der Waals surface area contributed by atoms with Gasteiger partial charge in [0.2, 0.25) is 17.7 Å². The van der Waals surface area contributed by atoms with Gasteiger partial charge in [0.15, 0.2) is 5.78 Å². The van der Waals surface area contributed by atoms with E-state index in [0.29, 0.717) is 19.4 Å². The van der Waals surface area contributed by atoms with Crippen LogP contribution < -0.4 is 16.0 Å². The van der Waals surface area contributed by atoms with E-state index in [1.165, 1.54) is 18.7 Å². The van der Waals surface area contributed by atoms with Crippen LogP contribution in [0.1, 0.15) is 53.0 Å². The van der Waals surface area contributed by atoms with Crippen LogP contribution in [0.2, 0.25) is 0 Å². The van der Waals surface area contributed by atoms with E-state index in [1.54, 1.807) is 20.8 Å². The van der Waals surface area contributed by atoms with Crippen LogP contribution in [0, 0.1) is 0 Å². The normalized spacial score (nSPS) is 17.8. The van der Waals surface area contributed by atoms with E-state index in [9.17, 15) is 24.0 Å². The maximum absolute atomic E-state index is 13.0. The van der Waals surface area contributed by atoms with Crippen LogP contribution in [0.25, 0.3) is 0 Å². The largest absolute Gasteiger partial charge is 0.444 e. The van der Waals surface area contributed by atoms with Gasteiger partial charge in [-0.1, -0.05) is 30.3 Å². The predicted octanol–water partition coefficient (Wildman–Crippen LogP) is 1.93. The lowest BCUT2D eigenvalue weighted by atomic mass is 10.0.